The predicted molar refractivity (Wildman–Crippen MR) is 97.4 cm³/mol. The van der Waals surface area contributed by atoms with E-state index >= 15 is 0 Å². The molecule has 0 saturated heterocycles. The third-order valence-corrected chi connectivity index (χ3v) is 4.27. The van der Waals surface area contributed by atoms with Crippen molar-refractivity contribution >= 4 is 11.8 Å². The summed E-state index contributed by atoms with van der Waals surface area (Å²) in [6, 6.07) is 12.2. The minimum atomic E-state index is -0.554. The third kappa shape index (κ3) is 4.70. The molecule has 3 N–H and O–H groups in total. The van der Waals surface area contributed by atoms with Crippen molar-refractivity contribution in [2.45, 2.75) is 32.5 Å². The van der Waals surface area contributed by atoms with E-state index in [2.05, 4.69) is 44.8 Å². The molecule has 1 aromatic heterocycles. The van der Waals surface area contributed by atoms with Gasteiger partial charge in [-0.1, -0.05) is 30.3 Å². The van der Waals surface area contributed by atoms with Gasteiger partial charge in [0, 0.05) is 32.4 Å². The first kappa shape index (κ1) is 17.2. The summed E-state index contributed by atoms with van der Waals surface area (Å²) in [5, 5.41) is 14.5. The van der Waals surface area contributed by atoms with Crippen LogP contribution in [0, 0.1) is 0 Å². The molecule has 1 aliphatic heterocycles. The first-order valence-corrected chi connectivity index (χ1v) is 8.58. The van der Waals surface area contributed by atoms with Crippen LogP contribution in [-0.4, -0.2) is 35.3 Å². The smallest absolute Gasteiger partial charge is 0.315 e. The first-order valence-electron chi connectivity index (χ1n) is 8.58. The van der Waals surface area contributed by atoms with E-state index in [0.717, 1.165) is 30.9 Å². The van der Waals surface area contributed by atoms with E-state index in [-0.39, 0.29) is 12.6 Å². The zero-order valence-corrected chi connectivity index (χ0v) is 14.4. The minimum Gasteiger partial charge on any atom is -0.392 e. The maximum Gasteiger partial charge on any atom is 0.315 e. The highest BCUT2D eigenvalue weighted by atomic mass is 16.3. The fourth-order valence-electron chi connectivity index (χ4n) is 2.88. The molecule has 0 bridgehead atoms. The van der Waals surface area contributed by atoms with Crippen LogP contribution in [0.2, 0.25) is 0 Å². The summed E-state index contributed by atoms with van der Waals surface area (Å²) in [4.78, 5) is 18.4. The lowest BCUT2D eigenvalue weighted by atomic mass is 10.00. The summed E-state index contributed by atoms with van der Waals surface area (Å²) in [5.74, 6) is 0.955. The van der Waals surface area contributed by atoms with Crippen LogP contribution >= 0.6 is 0 Å². The summed E-state index contributed by atoms with van der Waals surface area (Å²) in [5.41, 5.74) is 3.72. The van der Waals surface area contributed by atoms with E-state index in [9.17, 15) is 4.79 Å². The Labute approximate surface area is 147 Å². The van der Waals surface area contributed by atoms with E-state index < -0.39 is 6.10 Å². The Morgan fingerprint density at radius 3 is 2.76 bits per heavy atom. The summed E-state index contributed by atoms with van der Waals surface area (Å²) in [7, 11) is 0. The molecule has 0 saturated carbocycles. The number of fused-ring (bicyclic) bond motifs is 1. The number of pyridine rings is 1. The number of hydrogen-bond donors (Lipinski definition) is 3. The number of nitrogens with zero attached hydrogens (tertiary/aromatic N) is 2. The highest BCUT2D eigenvalue weighted by molar-refractivity contribution is 5.73. The summed E-state index contributed by atoms with van der Waals surface area (Å²) in [6.07, 6.45) is 2.27. The summed E-state index contributed by atoms with van der Waals surface area (Å²) >= 11 is 0. The molecule has 2 amide bonds. The van der Waals surface area contributed by atoms with Crippen molar-refractivity contribution < 1.29 is 9.90 Å². The van der Waals surface area contributed by atoms with Gasteiger partial charge < -0.3 is 20.6 Å². The zero-order valence-electron chi connectivity index (χ0n) is 14.4. The van der Waals surface area contributed by atoms with Crippen LogP contribution in [0.3, 0.4) is 0 Å². The fourth-order valence-corrected chi connectivity index (χ4v) is 2.88. The lowest BCUT2D eigenvalue weighted by Crippen LogP contribution is -2.38. The van der Waals surface area contributed by atoms with Crippen LogP contribution in [0.25, 0.3) is 0 Å². The first-order chi connectivity index (χ1) is 12.1. The lowest BCUT2D eigenvalue weighted by Gasteiger charge is -2.29. The van der Waals surface area contributed by atoms with Crippen LogP contribution in [-0.2, 0) is 19.5 Å². The quantitative estimate of drug-likeness (QED) is 0.776. The van der Waals surface area contributed by atoms with E-state index in [4.69, 9.17) is 5.11 Å². The Balaban J connectivity index is 1.53. The lowest BCUT2D eigenvalue weighted by molar-refractivity contribution is 0.187. The van der Waals surface area contributed by atoms with Crippen LogP contribution in [0.15, 0.2) is 42.6 Å². The molecular formula is C19H24N4O2. The number of benzene rings is 1. The Morgan fingerprint density at radius 2 is 2.04 bits per heavy atom. The second-order valence-electron chi connectivity index (χ2n) is 6.38. The third-order valence-electron chi connectivity index (χ3n) is 4.27. The van der Waals surface area contributed by atoms with Crippen molar-refractivity contribution in [2.75, 3.05) is 18.0 Å². The molecule has 2 aromatic rings. The predicted octanol–water partition coefficient (Wildman–Crippen LogP) is 1.82. The van der Waals surface area contributed by atoms with Gasteiger partial charge in [-0.3, -0.25) is 0 Å². The van der Waals surface area contributed by atoms with Gasteiger partial charge in [0.05, 0.1) is 6.10 Å². The molecule has 0 aliphatic carbocycles. The van der Waals surface area contributed by atoms with E-state index in [1.54, 1.807) is 13.1 Å². The number of rotatable bonds is 5. The average molecular weight is 340 g/mol. The number of anilines is 1. The summed E-state index contributed by atoms with van der Waals surface area (Å²) < 4.78 is 0. The average Bonchev–Trinajstić information content (AvgIpc) is 2.64. The Bertz CT molecular complexity index is 716. The molecule has 0 radical (unpaired) electrons. The van der Waals surface area contributed by atoms with Crippen molar-refractivity contribution in [1.29, 1.82) is 0 Å². The maximum absolute atomic E-state index is 11.6. The number of nitrogens with one attached hydrogen (secondary N) is 2. The Kier molecular flexibility index (Phi) is 5.50. The Hall–Kier alpha value is -2.60. The number of aliphatic hydroxyl groups is 1. The monoisotopic (exact) mass is 340 g/mol. The van der Waals surface area contributed by atoms with Gasteiger partial charge >= 0.3 is 6.03 Å². The molecule has 0 unspecified atom stereocenters. The molecular weight excluding hydrogens is 316 g/mol. The van der Waals surface area contributed by atoms with Gasteiger partial charge in [0.2, 0.25) is 0 Å². The van der Waals surface area contributed by atoms with E-state index in [1.807, 2.05) is 12.1 Å². The molecule has 6 heteroatoms. The number of hydrogen-bond acceptors (Lipinski definition) is 4. The molecule has 0 spiro atoms. The highest BCUT2D eigenvalue weighted by Crippen LogP contribution is 2.22. The van der Waals surface area contributed by atoms with Crippen molar-refractivity contribution in [3.63, 3.8) is 0 Å². The zero-order chi connectivity index (χ0) is 17.6. The molecule has 6 nitrogen and oxygen atoms in total. The number of aromatic nitrogens is 1. The van der Waals surface area contributed by atoms with Crippen molar-refractivity contribution in [3.05, 3.63) is 59.3 Å². The van der Waals surface area contributed by atoms with Gasteiger partial charge in [-0.05, 0) is 36.1 Å². The second-order valence-corrected chi connectivity index (χ2v) is 6.38. The van der Waals surface area contributed by atoms with Gasteiger partial charge in [-0.15, -0.1) is 0 Å². The number of aliphatic hydroxyl groups excluding tert-OH is 1. The van der Waals surface area contributed by atoms with Crippen molar-refractivity contribution in [1.82, 2.24) is 15.6 Å². The SMILES string of the molecule is C[C@H](O)CNC(=O)NCc1ccc(N2CCc3ccccc3C2)nc1. The van der Waals surface area contributed by atoms with Gasteiger partial charge in [0.25, 0.3) is 0 Å². The minimum absolute atomic E-state index is 0.236. The van der Waals surface area contributed by atoms with Gasteiger partial charge in [0.15, 0.2) is 0 Å². The van der Waals surface area contributed by atoms with Crippen molar-refractivity contribution in [3.8, 4) is 0 Å². The molecule has 3 rings (SSSR count). The summed E-state index contributed by atoms with van der Waals surface area (Å²) in [6.45, 7) is 4.11. The Morgan fingerprint density at radius 1 is 1.24 bits per heavy atom. The molecule has 1 atom stereocenters. The molecule has 132 valence electrons. The van der Waals surface area contributed by atoms with Crippen LogP contribution in [0.4, 0.5) is 10.6 Å². The van der Waals surface area contributed by atoms with Crippen molar-refractivity contribution in [2.24, 2.45) is 0 Å². The van der Waals surface area contributed by atoms with Gasteiger partial charge in [-0.2, -0.15) is 0 Å². The molecule has 0 fully saturated rings. The number of carbonyl (C=O) groups excluding carboxylic acids is 1. The second kappa shape index (κ2) is 7.98. The number of urea groups is 1. The molecule has 2 heterocycles. The highest BCUT2D eigenvalue weighted by Gasteiger charge is 2.16. The van der Waals surface area contributed by atoms with Gasteiger partial charge in [0.1, 0.15) is 5.82 Å². The van der Waals surface area contributed by atoms with Gasteiger partial charge in [-0.25, -0.2) is 9.78 Å². The molecule has 1 aromatic carbocycles. The molecule has 1 aliphatic rings. The standard InChI is InChI=1S/C19H24N4O2/c1-14(24)10-21-19(25)22-12-15-6-7-18(20-11-15)23-9-8-16-4-2-3-5-17(16)13-23/h2-7,11,14,24H,8-10,12-13H2,1H3,(H2,21,22,25)/t14-/m0/s1. The van der Waals surface area contributed by atoms with Crippen LogP contribution in [0.1, 0.15) is 23.6 Å². The number of carbonyl (C=O) groups is 1. The topological polar surface area (TPSA) is 77.5 Å². The normalized spacial score (nSPS) is 14.6. The largest absolute Gasteiger partial charge is 0.392 e. The molecule has 25 heavy (non-hydrogen) atoms. The fraction of sp³-hybridized carbons (Fsp3) is 0.368. The maximum atomic E-state index is 11.6. The van der Waals surface area contributed by atoms with E-state index in [0.29, 0.717) is 6.54 Å². The van der Waals surface area contributed by atoms with E-state index in [1.165, 1.54) is 11.1 Å². The van der Waals surface area contributed by atoms with Crippen LogP contribution < -0.4 is 15.5 Å². The van der Waals surface area contributed by atoms with Crippen LogP contribution in [0.5, 0.6) is 0 Å². The number of amides is 2.